The number of fused-ring (bicyclic) bond motifs is 1. The zero-order valence-corrected chi connectivity index (χ0v) is 12.4. The van der Waals surface area contributed by atoms with Crippen molar-refractivity contribution in [1.82, 2.24) is 4.98 Å². The predicted molar refractivity (Wildman–Crippen MR) is 75.2 cm³/mol. The molecule has 108 valence electrons. The second-order valence-electron chi connectivity index (χ2n) is 5.92. The summed E-state index contributed by atoms with van der Waals surface area (Å²) in [6.07, 6.45) is -4.51. The molecule has 0 bridgehead atoms. The molecule has 0 atom stereocenters. The maximum Gasteiger partial charge on any atom is 0.418 e. The fourth-order valence-electron chi connectivity index (χ4n) is 2.13. The van der Waals surface area contributed by atoms with Crippen molar-refractivity contribution in [2.45, 2.75) is 39.3 Å². The number of aryl methyl sites for hydroxylation is 1. The van der Waals surface area contributed by atoms with E-state index in [0.717, 1.165) is 5.56 Å². The van der Waals surface area contributed by atoms with Crippen molar-refractivity contribution < 1.29 is 13.2 Å². The van der Waals surface area contributed by atoms with Crippen molar-refractivity contribution in [3.05, 3.63) is 40.0 Å². The lowest BCUT2D eigenvalue weighted by Crippen LogP contribution is -2.18. The Morgan fingerprint density at radius 3 is 2.20 bits per heavy atom. The minimum atomic E-state index is -4.51. The molecule has 0 aliphatic carbocycles. The Kier molecular flexibility index (Phi) is 3.49. The summed E-state index contributed by atoms with van der Waals surface area (Å²) in [5.41, 5.74) is -0.0295. The molecule has 0 aliphatic heterocycles. The number of hydrogen-bond acceptors (Lipinski definition) is 1. The Morgan fingerprint density at radius 1 is 1.10 bits per heavy atom. The van der Waals surface area contributed by atoms with E-state index >= 15 is 0 Å². The van der Waals surface area contributed by atoms with Gasteiger partial charge in [-0.05, 0) is 19.1 Å². The summed E-state index contributed by atoms with van der Waals surface area (Å²) >= 11 is 6.03. The molecule has 0 N–H and O–H groups in total. The van der Waals surface area contributed by atoms with Gasteiger partial charge < -0.3 is 0 Å². The molecule has 0 radical (unpaired) electrons. The van der Waals surface area contributed by atoms with E-state index in [1.54, 1.807) is 39.8 Å². The fourth-order valence-corrected chi connectivity index (χ4v) is 2.66. The Bertz CT molecular complexity index is 669. The van der Waals surface area contributed by atoms with Crippen LogP contribution >= 0.6 is 11.6 Å². The lowest BCUT2D eigenvalue weighted by atomic mass is 9.89. The summed E-state index contributed by atoms with van der Waals surface area (Å²) in [6, 6.07) is 4.82. The number of halogens is 4. The van der Waals surface area contributed by atoms with E-state index in [4.69, 9.17) is 11.6 Å². The summed E-state index contributed by atoms with van der Waals surface area (Å²) < 4.78 is 40.1. The highest BCUT2D eigenvalue weighted by Gasteiger charge is 2.38. The van der Waals surface area contributed by atoms with Crippen LogP contribution in [-0.2, 0) is 11.6 Å². The third kappa shape index (κ3) is 2.62. The maximum absolute atomic E-state index is 13.4. The van der Waals surface area contributed by atoms with Gasteiger partial charge in [-0.3, -0.25) is 4.98 Å². The van der Waals surface area contributed by atoms with E-state index in [-0.39, 0.29) is 16.1 Å². The fraction of sp³-hybridized carbons (Fsp3) is 0.400. The number of hydrogen-bond donors (Lipinski definition) is 0. The topological polar surface area (TPSA) is 12.9 Å². The van der Waals surface area contributed by atoms with Gasteiger partial charge >= 0.3 is 6.18 Å². The van der Waals surface area contributed by atoms with Crippen LogP contribution in [0.25, 0.3) is 10.9 Å². The van der Waals surface area contributed by atoms with Gasteiger partial charge in [0.05, 0.1) is 21.8 Å². The molecule has 0 saturated carbocycles. The van der Waals surface area contributed by atoms with Crippen molar-refractivity contribution in [2.24, 2.45) is 0 Å². The van der Waals surface area contributed by atoms with Crippen LogP contribution in [0.15, 0.2) is 18.2 Å². The number of benzene rings is 1. The minimum absolute atomic E-state index is 0.0514. The molecule has 2 aromatic rings. The monoisotopic (exact) mass is 301 g/mol. The van der Waals surface area contributed by atoms with Gasteiger partial charge in [0.25, 0.3) is 0 Å². The largest absolute Gasteiger partial charge is 0.418 e. The predicted octanol–water partition coefficient (Wildman–Crippen LogP) is 5.51. The molecule has 5 heteroatoms. The molecular formula is C15H15ClF3N. The van der Waals surface area contributed by atoms with Crippen molar-refractivity contribution >= 4 is 22.5 Å². The Hall–Kier alpha value is -1.29. The van der Waals surface area contributed by atoms with Gasteiger partial charge in [0.2, 0.25) is 0 Å². The van der Waals surface area contributed by atoms with Crippen molar-refractivity contribution in [2.75, 3.05) is 0 Å². The number of aromatic nitrogens is 1. The molecule has 0 amide bonds. The third-order valence-corrected chi connectivity index (χ3v) is 3.44. The van der Waals surface area contributed by atoms with Crippen LogP contribution in [0, 0.1) is 6.92 Å². The van der Waals surface area contributed by atoms with Crippen molar-refractivity contribution in [3.63, 3.8) is 0 Å². The average molecular weight is 302 g/mol. The van der Waals surface area contributed by atoms with Crippen LogP contribution in [0.3, 0.4) is 0 Å². The zero-order chi connectivity index (χ0) is 15.3. The highest BCUT2D eigenvalue weighted by Crippen LogP contribution is 2.43. The van der Waals surface area contributed by atoms with Crippen LogP contribution in [0.1, 0.15) is 37.6 Å². The van der Waals surface area contributed by atoms with Gasteiger partial charge in [-0.25, -0.2) is 0 Å². The van der Waals surface area contributed by atoms with E-state index < -0.39 is 17.2 Å². The average Bonchev–Trinajstić information content (AvgIpc) is 2.24. The molecule has 0 aliphatic rings. The zero-order valence-electron chi connectivity index (χ0n) is 11.7. The number of pyridine rings is 1. The van der Waals surface area contributed by atoms with Crippen molar-refractivity contribution in [3.8, 4) is 0 Å². The van der Waals surface area contributed by atoms with E-state index in [1.807, 2.05) is 0 Å². The van der Waals surface area contributed by atoms with Gasteiger partial charge in [0.1, 0.15) is 0 Å². The third-order valence-electron chi connectivity index (χ3n) is 3.07. The van der Waals surface area contributed by atoms with Crippen LogP contribution < -0.4 is 0 Å². The summed E-state index contributed by atoms with van der Waals surface area (Å²) in [5.74, 6) is 0. The molecule has 0 fully saturated rings. The van der Waals surface area contributed by atoms with Gasteiger partial charge in [-0.15, -0.1) is 0 Å². The van der Waals surface area contributed by atoms with Gasteiger partial charge in [0.15, 0.2) is 0 Å². The van der Waals surface area contributed by atoms with Gasteiger partial charge in [-0.2, -0.15) is 13.2 Å². The first-order valence-corrected chi connectivity index (χ1v) is 6.57. The summed E-state index contributed by atoms with van der Waals surface area (Å²) in [5, 5.41) is -0.251. The summed E-state index contributed by atoms with van der Waals surface area (Å²) in [6.45, 7) is 7.12. The molecule has 1 aromatic carbocycles. The Morgan fingerprint density at radius 2 is 1.70 bits per heavy atom. The molecule has 1 heterocycles. The summed E-state index contributed by atoms with van der Waals surface area (Å²) in [7, 11) is 0. The minimum Gasteiger partial charge on any atom is -0.251 e. The highest BCUT2D eigenvalue weighted by molar-refractivity contribution is 6.33. The van der Waals surface area contributed by atoms with E-state index in [9.17, 15) is 13.2 Å². The lowest BCUT2D eigenvalue weighted by Gasteiger charge is -2.23. The molecule has 0 spiro atoms. The molecule has 1 aromatic heterocycles. The van der Waals surface area contributed by atoms with Crippen molar-refractivity contribution in [1.29, 1.82) is 0 Å². The van der Waals surface area contributed by atoms with Gasteiger partial charge in [-0.1, -0.05) is 44.0 Å². The first kappa shape index (κ1) is 15.1. The molecule has 0 unspecified atom stereocenters. The summed E-state index contributed by atoms with van der Waals surface area (Å²) in [4.78, 5) is 4.33. The second kappa shape index (κ2) is 4.62. The van der Waals surface area contributed by atoms with Crippen LogP contribution in [0.5, 0.6) is 0 Å². The van der Waals surface area contributed by atoms with E-state index in [0.29, 0.717) is 5.52 Å². The van der Waals surface area contributed by atoms with Crippen LogP contribution in [0.4, 0.5) is 13.2 Å². The van der Waals surface area contributed by atoms with Crippen LogP contribution in [-0.4, -0.2) is 4.98 Å². The van der Waals surface area contributed by atoms with Crippen LogP contribution in [0.2, 0.25) is 5.02 Å². The number of rotatable bonds is 0. The standard InChI is InChI=1S/C15H15ClF3N/c1-8-5-6-10-9(7-8)11(15(17,18)19)12(16)13(20-10)14(2,3)4/h5-7H,1-4H3. The van der Waals surface area contributed by atoms with E-state index in [1.165, 1.54) is 6.07 Å². The van der Waals surface area contributed by atoms with E-state index in [2.05, 4.69) is 4.98 Å². The first-order chi connectivity index (χ1) is 9.01. The lowest BCUT2D eigenvalue weighted by molar-refractivity contribution is -0.136. The number of nitrogens with zero attached hydrogens (tertiary/aromatic N) is 1. The number of alkyl halides is 3. The Balaban J connectivity index is 2.97. The molecular weight excluding hydrogens is 287 g/mol. The molecule has 2 rings (SSSR count). The highest BCUT2D eigenvalue weighted by atomic mass is 35.5. The van der Waals surface area contributed by atoms with Gasteiger partial charge in [0, 0.05) is 10.8 Å². The molecule has 20 heavy (non-hydrogen) atoms. The molecule has 0 saturated heterocycles. The quantitative estimate of drug-likeness (QED) is 0.625. The normalized spacial score (nSPS) is 13.0. The Labute approximate surface area is 120 Å². The first-order valence-electron chi connectivity index (χ1n) is 6.19. The second-order valence-corrected chi connectivity index (χ2v) is 6.30. The SMILES string of the molecule is Cc1ccc2nc(C(C)(C)C)c(Cl)c(C(F)(F)F)c2c1. The maximum atomic E-state index is 13.4. The smallest absolute Gasteiger partial charge is 0.251 e. The molecule has 1 nitrogen and oxygen atoms in total.